The van der Waals surface area contributed by atoms with E-state index in [1.807, 2.05) is 0 Å². The molecule has 0 spiro atoms. The summed E-state index contributed by atoms with van der Waals surface area (Å²) in [6.45, 7) is 6.55. The molecule has 0 aromatic heterocycles. The fraction of sp³-hybridized carbons (Fsp3) is 0.849. The van der Waals surface area contributed by atoms with Crippen LogP contribution >= 0.6 is 0 Å². The van der Waals surface area contributed by atoms with E-state index >= 15 is 0 Å². The van der Waals surface area contributed by atoms with Crippen molar-refractivity contribution in [2.45, 2.75) is 386 Å². The third-order valence-corrected chi connectivity index (χ3v) is 15.8. The monoisotopic (exact) mass is 1110 g/mol. The molecule has 0 radical (unpaired) electrons. The van der Waals surface area contributed by atoms with Crippen LogP contribution in [0.4, 0.5) is 0 Å². The van der Waals surface area contributed by atoms with Crippen molar-refractivity contribution in [3.63, 3.8) is 0 Å². The molecule has 0 aliphatic rings. The molecule has 0 aliphatic heterocycles. The van der Waals surface area contributed by atoms with Crippen LogP contribution in [-0.2, 0) is 28.6 Å². The maximum absolute atomic E-state index is 12.9. The molecular weight excluding hydrogens is 973 g/mol. The van der Waals surface area contributed by atoms with Crippen LogP contribution in [0.5, 0.6) is 0 Å². The molecule has 462 valence electrons. The zero-order valence-electron chi connectivity index (χ0n) is 53.2. The second kappa shape index (κ2) is 67.9. The standard InChI is InChI=1S/C73H134O6/c1-4-7-10-13-16-18-20-22-24-26-28-30-32-34-35-36-37-39-40-42-44-46-48-50-52-54-57-60-63-66-72(75)78-69-70(68-77-71(74)65-62-59-56-15-12-9-6-3)79-73(76)67-64-61-58-55-53-51-49-47-45-43-41-38-33-31-29-27-25-23-21-19-17-14-11-8-5-2/h8,11,17,19,23,25,29,31,70H,4-7,9-10,12-16,18,20-22,24,26-28,30,32-69H2,1-3H3/b11-8-,19-17-,25-23-,31-29-. The van der Waals surface area contributed by atoms with Crippen molar-refractivity contribution in [3.05, 3.63) is 48.6 Å². The first-order valence-electron chi connectivity index (χ1n) is 35.1. The van der Waals surface area contributed by atoms with Crippen molar-refractivity contribution >= 4 is 17.9 Å². The summed E-state index contributed by atoms with van der Waals surface area (Å²) >= 11 is 0. The van der Waals surface area contributed by atoms with Gasteiger partial charge in [-0.05, 0) is 57.8 Å². The fourth-order valence-electron chi connectivity index (χ4n) is 10.6. The van der Waals surface area contributed by atoms with Crippen LogP contribution < -0.4 is 0 Å². The van der Waals surface area contributed by atoms with Crippen LogP contribution in [0, 0.1) is 0 Å². The van der Waals surface area contributed by atoms with Crippen LogP contribution in [0.3, 0.4) is 0 Å². The van der Waals surface area contributed by atoms with Gasteiger partial charge in [0.15, 0.2) is 6.10 Å². The molecule has 1 atom stereocenters. The van der Waals surface area contributed by atoms with Crippen molar-refractivity contribution in [2.24, 2.45) is 0 Å². The molecule has 0 saturated carbocycles. The molecule has 0 amide bonds. The molecule has 0 heterocycles. The Morgan fingerprint density at radius 3 is 0.772 bits per heavy atom. The SMILES string of the molecule is CC/C=C\C/C=C\C/C=C\C/C=C\CCCCCCCCCCCCCCC(=O)OC(COC(=O)CCCCCCCCC)COC(=O)CCCCCCCCCCCCCCCCCCCCCCCCCCCCCCC. The van der Waals surface area contributed by atoms with Crippen LogP contribution in [0.15, 0.2) is 48.6 Å². The second-order valence-electron chi connectivity index (χ2n) is 23.8. The van der Waals surface area contributed by atoms with Gasteiger partial charge in [-0.1, -0.05) is 352 Å². The summed E-state index contributed by atoms with van der Waals surface area (Å²) in [5, 5.41) is 0. The summed E-state index contributed by atoms with van der Waals surface area (Å²) < 4.78 is 16.9. The van der Waals surface area contributed by atoms with Gasteiger partial charge in [0.05, 0.1) is 0 Å². The first kappa shape index (κ1) is 76.4. The lowest BCUT2D eigenvalue weighted by Crippen LogP contribution is -2.30. The molecule has 6 nitrogen and oxygen atoms in total. The van der Waals surface area contributed by atoms with Gasteiger partial charge in [-0.2, -0.15) is 0 Å². The Labute approximate surface area is 492 Å². The maximum atomic E-state index is 12.9. The number of rotatable bonds is 65. The van der Waals surface area contributed by atoms with E-state index in [1.54, 1.807) is 0 Å². The van der Waals surface area contributed by atoms with Gasteiger partial charge in [-0.15, -0.1) is 0 Å². The first-order valence-corrected chi connectivity index (χ1v) is 35.1. The Bertz CT molecular complexity index is 1360. The summed E-state index contributed by atoms with van der Waals surface area (Å²) in [5.74, 6) is -0.854. The molecule has 0 aromatic rings. The number of carbonyl (C=O) groups excluding carboxylic acids is 3. The average molecular weight is 1110 g/mol. The van der Waals surface area contributed by atoms with Crippen molar-refractivity contribution < 1.29 is 28.6 Å². The first-order chi connectivity index (χ1) is 39.0. The largest absolute Gasteiger partial charge is 0.462 e. The predicted octanol–water partition coefficient (Wildman–Crippen LogP) is 24.1. The Morgan fingerprint density at radius 1 is 0.266 bits per heavy atom. The lowest BCUT2D eigenvalue weighted by Gasteiger charge is -2.18. The maximum Gasteiger partial charge on any atom is 0.306 e. The van der Waals surface area contributed by atoms with Gasteiger partial charge >= 0.3 is 17.9 Å². The summed E-state index contributed by atoms with van der Waals surface area (Å²) in [7, 11) is 0. The Hall–Kier alpha value is -2.63. The van der Waals surface area contributed by atoms with Crippen LogP contribution in [0.2, 0.25) is 0 Å². The normalized spacial score (nSPS) is 12.3. The fourth-order valence-corrected chi connectivity index (χ4v) is 10.6. The molecule has 0 saturated heterocycles. The van der Waals surface area contributed by atoms with E-state index in [9.17, 15) is 14.4 Å². The summed E-state index contributed by atoms with van der Waals surface area (Å²) in [5.41, 5.74) is 0. The highest BCUT2D eigenvalue weighted by Gasteiger charge is 2.19. The quantitative estimate of drug-likeness (QED) is 0.0261. The van der Waals surface area contributed by atoms with Crippen molar-refractivity contribution in [1.29, 1.82) is 0 Å². The van der Waals surface area contributed by atoms with Gasteiger partial charge in [-0.3, -0.25) is 14.4 Å². The summed E-state index contributed by atoms with van der Waals surface area (Å²) in [4.78, 5) is 38.2. The number of ether oxygens (including phenoxy) is 3. The molecule has 0 aliphatic carbocycles. The number of esters is 3. The number of carbonyl (C=O) groups is 3. The molecule has 0 rings (SSSR count). The predicted molar refractivity (Wildman–Crippen MR) is 344 cm³/mol. The zero-order valence-corrected chi connectivity index (χ0v) is 53.2. The van der Waals surface area contributed by atoms with E-state index in [2.05, 4.69) is 69.4 Å². The summed E-state index contributed by atoms with van der Waals surface area (Å²) in [6.07, 6.45) is 86.1. The Kier molecular flexibility index (Phi) is 65.6. The summed E-state index contributed by atoms with van der Waals surface area (Å²) in [6, 6.07) is 0. The molecule has 0 N–H and O–H groups in total. The van der Waals surface area contributed by atoms with E-state index in [4.69, 9.17) is 14.2 Å². The Balaban J connectivity index is 4.02. The molecule has 6 heteroatoms. The van der Waals surface area contributed by atoms with Crippen molar-refractivity contribution in [3.8, 4) is 0 Å². The average Bonchev–Trinajstić information content (AvgIpc) is 3.45. The highest BCUT2D eigenvalue weighted by Crippen LogP contribution is 2.19. The van der Waals surface area contributed by atoms with Crippen LogP contribution in [0.25, 0.3) is 0 Å². The topological polar surface area (TPSA) is 78.9 Å². The number of hydrogen-bond donors (Lipinski definition) is 0. The minimum absolute atomic E-state index is 0.0686. The lowest BCUT2D eigenvalue weighted by atomic mass is 10.0. The van der Waals surface area contributed by atoms with Gasteiger partial charge in [0, 0.05) is 19.3 Å². The van der Waals surface area contributed by atoms with Gasteiger partial charge in [0.1, 0.15) is 13.2 Å². The van der Waals surface area contributed by atoms with Gasteiger partial charge in [0.25, 0.3) is 0 Å². The molecule has 0 aromatic carbocycles. The number of hydrogen-bond acceptors (Lipinski definition) is 6. The molecule has 1 unspecified atom stereocenters. The van der Waals surface area contributed by atoms with E-state index in [1.165, 1.54) is 257 Å². The minimum atomic E-state index is -0.770. The number of unbranched alkanes of at least 4 members (excludes halogenated alkanes) is 46. The van der Waals surface area contributed by atoms with E-state index in [0.717, 1.165) is 83.5 Å². The van der Waals surface area contributed by atoms with E-state index < -0.39 is 6.10 Å². The van der Waals surface area contributed by atoms with Gasteiger partial charge in [-0.25, -0.2) is 0 Å². The highest BCUT2D eigenvalue weighted by atomic mass is 16.6. The molecular formula is C73H134O6. The number of allylic oxidation sites excluding steroid dienone is 8. The second-order valence-corrected chi connectivity index (χ2v) is 23.8. The van der Waals surface area contributed by atoms with Crippen LogP contribution in [-0.4, -0.2) is 37.2 Å². The molecule has 0 fully saturated rings. The highest BCUT2D eigenvalue weighted by molar-refractivity contribution is 5.71. The third kappa shape index (κ3) is 66.1. The lowest BCUT2D eigenvalue weighted by molar-refractivity contribution is -0.167. The van der Waals surface area contributed by atoms with E-state index in [-0.39, 0.29) is 31.1 Å². The van der Waals surface area contributed by atoms with Crippen LogP contribution in [0.1, 0.15) is 380 Å². The molecule has 0 bridgehead atoms. The van der Waals surface area contributed by atoms with Gasteiger partial charge < -0.3 is 14.2 Å². The minimum Gasteiger partial charge on any atom is -0.462 e. The van der Waals surface area contributed by atoms with Crippen molar-refractivity contribution in [1.82, 2.24) is 0 Å². The molecule has 79 heavy (non-hydrogen) atoms. The van der Waals surface area contributed by atoms with Crippen molar-refractivity contribution in [2.75, 3.05) is 13.2 Å². The van der Waals surface area contributed by atoms with Gasteiger partial charge in [0.2, 0.25) is 0 Å². The zero-order chi connectivity index (χ0) is 57.1. The Morgan fingerprint density at radius 2 is 0.494 bits per heavy atom. The third-order valence-electron chi connectivity index (χ3n) is 15.8. The van der Waals surface area contributed by atoms with E-state index in [0.29, 0.717) is 19.3 Å². The smallest absolute Gasteiger partial charge is 0.306 e.